The van der Waals surface area contributed by atoms with Gasteiger partial charge in [0.05, 0.1) is 19.0 Å². The number of benzene rings is 2. The third-order valence-electron chi connectivity index (χ3n) is 6.36. The van der Waals surface area contributed by atoms with Gasteiger partial charge in [0.15, 0.2) is 5.82 Å². The van der Waals surface area contributed by atoms with E-state index in [9.17, 15) is 14.4 Å². The molecule has 0 fully saturated rings. The third-order valence-corrected chi connectivity index (χ3v) is 6.36. The first kappa shape index (κ1) is 30.7. The highest BCUT2D eigenvalue weighted by Gasteiger charge is 2.18. The Morgan fingerprint density at radius 2 is 1.85 bits per heavy atom. The Kier molecular flexibility index (Phi) is 10.1. The zero-order valence-corrected chi connectivity index (χ0v) is 24.0. The zero-order chi connectivity index (χ0) is 30.3. The van der Waals surface area contributed by atoms with Crippen molar-refractivity contribution in [3.8, 4) is 17.0 Å². The summed E-state index contributed by atoms with van der Waals surface area (Å²) in [5.41, 5.74) is 13.8. The number of hydrogen-bond donors (Lipinski definition) is 6. The fraction of sp³-hybridized carbons (Fsp3) is 0.345. The monoisotopic (exact) mass is 562 g/mol. The Morgan fingerprint density at radius 3 is 2.49 bits per heavy atom. The number of amidine groups is 1. The van der Waals surface area contributed by atoms with Gasteiger partial charge in [-0.25, -0.2) is 4.98 Å². The van der Waals surface area contributed by atoms with Crippen LogP contribution in [0.25, 0.3) is 11.3 Å². The minimum Gasteiger partial charge on any atom is -0.496 e. The highest BCUT2D eigenvalue weighted by molar-refractivity contribution is 5.97. The van der Waals surface area contributed by atoms with Gasteiger partial charge in [-0.15, -0.1) is 0 Å². The van der Waals surface area contributed by atoms with Crippen molar-refractivity contribution in [1.29, 1.82) is 5.41 Å². The number of ether oxygens (including phenoxy) is 1. The van der Waals surface area contributed by atoms with Crippen molar-refractivity contribution in [3.05, 3.63) is 69.6 Å². The Hall–Kier alpha value is -4.87. The maximum Gasteiger partial charge on any atom is 0.294 e. The summed E-state index contributed by atoms with van der Waals surface area (Å²) in [6, 6.07) is 9.70. The average Bonchev–Trinajstić information content (AvgIpc) is 2.93. The molecule has 0 bridgehead atoms. The van der Waals surface area contributed by atoms with Crippen molar-refractivity contribution in [2.75, 3.05) is 18.2 Å². The van der Waals surface area contributed by atoms with Crippen molar-refractivity contribution >= 4 is 29.2 Å². The molecule has 2 amide bonds. The van der Waals surface area contributed by atoms with E-state index >= 15 is 0 Å². The van der Waals surface area contributed by atoms with Crippen LogP contribution in [0.1, 0.15) is 55.6 Å². The first-order chi connectivity index (χ1) is 19.4. The fourth-order valence-corrected chi connectivity index (χ4v) is 4.04. The highest BCUT2D eigenvalue weighted by Crippen LogP contribution is 2.24. The van der Waals surface area contributed by atoms with E-state index in [0.29, 0.717) is 39.4 Å². The quantitative estimate of drug-likeness (QED) is 0.110. The molecule has 3 aromatic rings. The van der Waals surface area contributed by atoms with Gasteiger partial charge in [-0.1, -0.05) is 19.1 Å². The number of hydrogen-bond acceptors (Lipinski definition) is 8. The summed E-state index contributed by atoms with van der Waals surface area (Å²) < 4.78 is 6.69. The van der Waals surface area contributed by atoms with Crippen LogP contribution in [-0.4, -0.2) is 46.4 Å². The maximum absolute atomic E-state index is 13.5. The third kappa shape index (κ3) is 7.84. The molecule has 1 heterocycles. The van der Waals surface area contributed by atoms with Crippen molar-refractivity contribution < 1.29 is 14.3 Å². The molecule has 0 spiro atoms. The summed E-state index contributed by atoms with van der Waals surface area (Å²) >= 11 is 0. The van der Waals surface area contributed by atoms with E-state index in [1.54, 1.807) is 36.4 Å². The van der Waals surface area contributed by atoms with Crippen LogP contribution in [0.2, 0.25) is 0 Å². The van der Waals surface area contributed by atoms with Crippen LogP contribution in [-0.2, 0) is 17.9 Å². The number of anilines is 2. The number of amides is 2. The molecular weight excluding hydrogens is 524 g/mol. The van der Waals surface area contributed by atoms with Gasteiger partial charge in [-0.2, -0.15) is 0 Å². The van der Waals surface area contributed by atoms with E-state index in [4.69, 9.17) is 21.6 Å². The van der Waals surface area contributed by atoms with Crippen LogP contribution < -0.4 is 37.7 Å². The number of methoxy groups -OCH3 is 1. The van der Waals surface area contributed by atoms with Gasteiger partial charge in [0.2, 0.25) is 5.91 Å². The molecule has 2 aromatic carbocycles. The van der Waals surface area contributed by atoms with E-state index < -0.39 is 11.5 Å². The summed E-state index contributed by atoms with van der Waals surface area (Å²) in [6.07, 6.45) is 2.24. The van der Waals surface area contributed by atoms with Gasteiger partial charge in [-0.3, -0.25) is 24.4 Å². The predicted molar refractivity (Wildman–Crippen MR) is 160 cm³/mol. The number of nitrogen functional groups attached to an aromatic ring is 2. The molecule has 0 saturated carbocycles. The molecule has 0 unspecified atom stereocenters. The lowest BCUT2D eigenvalue weighted by Gasteiger charge is -2.18. The predicted octanol–water partition coefficient (Wildman–Crippen LogP) is 2.45. The molecule has 0 radical (unpaired) electrons. The second-order valence-electron chi connectivity index (χ2n) is 10.0. The molecule has 0 aliphatic heterocycles. The van der Waals surface area contributed by atoms with E-state index in [0.717, 1.165) is 6.42 Å². The van der Waals surface area contributed by atoms with Crippen LogP contribution in [0, 0.1) is 5.41 Å². The van der Waals surface area contributed by atoms with Crippen molar-refractivity contribution in [2.45, 2.75) is 59.3 Å². The second-order valence-corrected chi connectivity index (χ2v) is 10.0. The average molecular weight is 563 g/mol. The van der Waals surface area contributed by atoms with E-state index in [1.165, 1.54) is 17.9 Å². The number of carbonyl (C=O) groups is 2. The number of carbonyl (C=O) groups excluding carboxylic acids is 2. The van der Waals surface area contributed by atoms with Crippen LogP contribution in [0.5, 0.6) is 5.75 Å². The van der Waals surface area contributed by atoms with Crippen LogP contribution >= 0.6 is 0 Å². The molecule has 1 aromatic heterocycles. The van der Waals surface area contributed by atoms with Gasteiger partial charge in [-0.05, 0) is 51.5 Å². The Bertz CT molecular complexity index is 1500. The lowest BCUT2D eigenvalue weighted by Crippen LogP contribution is -2.35. The number of nitrogens with zero attached hydrogens (tertiary/aromatic N) is 2. The SMILES string of the molecule is CC[C@@H](C)NC(=O)c1cc(N)cc(-c2cnc(NC(C)C)c(=O)n2CC(=O)NCc2ccc(C(=N)N)cc2OC)c1. The number of nitrogens with one attached hydrogen (secondary N) is 4. The lowest BCUT2D eigenvalue weighted by atomic mass is 10.1. The van der Waals surface area contributed by atoms with Gasteiger partial charge in [0, 0.05) is 46.6 Å². The molecule has 0 saturated heterocycles. The molecule has 1 atom stereocenters. The van der Waals surface area contributed by atoms with Gasteiger partial charge >= 0.3 is 0 Å². The Balaban J connectivity index is 1.96. The largest absolute Gasteiger partial charge is 0.496 e. The lowest BCUT2D eigenvalue weighted by molar-refractivity contribution is -0.121. The molecule has 0 aliphatic rings. The Morgan fingerprint density at radius 1 is 1.12 bits per heavy atom. The molecule has 3 rings (SSSR count). The van der Waals surface area contributed by atoms with E-state index in [1.807, 2.05) is 27.7 Å². The summed E-state index contributed by atoms with van der Waals surface area (Å²) in [7, 11) is 1.49. The van der Waals surface area contributed by atoms with Gasteiger partial charge < -0.3 is 32.2 Å². The molecular formula is C29H38N8O4. The van der Waals surface area contributed by atoms with Gasteiger partial charge in [0.1, 0.15) is 18.1 Å². The number of rotatable bonds is 12. The van der Waals surface area contributed by atoms with Crippen LogP contribution in [0.3, 0.4) is 0 Å². The number of aromatic nitrogens is 2. The minimum absolute atomic E-state index is 0.0328. The summed E-state index contributed by atoms with van der Waals surface area (Å²) in [6.45, 7) is 7.41. The van der Waals surface area contributed by atoms with Crippen LogP contribution in [0.4, 0.5) is 11.5 Å². The fourth-order valence-electron chi connectivity index (χ4n) is 4.04. The topological polar surface area (TPSA) is 190 Å². The van der Waals surface area contributed by atoms with E-state index in [-0.39, 0.29) is 42.7 Å². The molecule has 8 N–H and O–H groups in total. The summed E-state index contributed by atoms with van der Waals surface area (Å²) in [4.78, 5) is 43.8. The molecule has 12 heteroatoms. The highest BCUT2D eigenvalue weighted by atomic mass is 16.5. The Labute approximate surface area is 239 Å². The first-order valence-electron chi connectivity index (χ1n) is 13.3. The van der Waals surface area contributed by atoms with Crippen molar-refractivity contribution in [3.63, 3.8) is 0 Å². The van der Waals surface area contributed by atoms with Gasteiger partial charge in [0.25, 0.3) is 11.5 Å². The number of nitrogens with two attached hydrogens (primary N) is 2. The molecule has 41 heavy (non-hydrogen) atoms. The first-order valence-corrected chi connectivity index (χ1v) is 13.3. The standard InChI is InChI=1S/C29H38N8O4/c1-6-17(4)36-28(39)21-9-20(10-22(30)11-21)23-14-34-27(35-16(2)3)29(40)37(23)15-25(38)33-13-19-8-7-18(26(31)32)12-24(19)41-5/h7-12,14,16-17H,6,13,15,30H2,1-5H3,(H3,31,32)(H,33,38)(H,34,35)(H,36,39)/t17-/m1/s1. The zero-order valence-electron chi connectivity index (χ0n) is 24.0. The van der Waals surface area contributed by atoms with E-state index in [2.05, 4.69) is 20.9 Å². The van der Waals surface area contributed by atoms with Crippen LogP contribution in [0.15, 0.2) is 47.4 Å². The smallest absolute Gasteiger partial charge is 0.294 e. The molecule has 218 valence electrons. The van der Waals surface area contributed by atoms with Crippen molar-refractivity contribution in [1.82, 2.24) is 20.2 Å². The summed E-state index contributed by atoms with van der Waals surface area (Å²) in [5, 5.41) is 16.3. The molecule has 12 nitrogen and oxygen atoms in total. The second kappa shape index (κ2) is 13.5. The van der Waals surface area contributed by atoms with Crippen molar-refractivity contribution in [2.24, 2.45) is 5.73 Å². The molecule has 0 aliphatic carbocycles. The normalized spacial score (nSPS) is 11.6. The maximum atomic E-state index is 13.5. The minimum atomic E-state index is -0.497. The summed E-state index contributed by atoms with van der Waals surface area (Å²) in [5.74, 6) is -0.277.